The lowest BCUT2D eigenvalue weighted by Gasteiger charge is -2.05. The molecule has 0 aliphatic rings. The lowest BCUT2D eigenvalue weighted by Crippen LogP contribution is -2.29. The van der Waals surface area contributed by atoms with Crippen LogP contribution in [0.5, 0.6) is 0 Å². The number of carbonyl (C=O) groups excluding carboxylic acids is 2. The van der Waals surface area contributed by atoms with Crippen LogP contribution >= 0.6 is 11.3 Å². The van der Waals surface area contributed by atoms with Gasteiger partial charge in [-0.1, -0.05) is 0 Å². The van der Waals surface area contributed by atoms with E-state index in [0.717, 1.165) is 11.3 Å². The van der Waals surface area contributed by atoms with Crippen molar-refractivity contribution in [3.05, 3.63) is 21.9 Å². The van der Waals surface area contributed by atoms with E-state index in [1.165, 1.54) is 0 Å². The largest absolute Gasteiger partial charge is 0.365 e. The average molecular weight is 212 g/mol. The number of hydrogen-bond acceptors (Lipinski definition) is 3. The van der Waals surface area contributed by atoms with Crippen LogP contribution in [0.15, 0.2) is 12.1 Å². The van der Waals surface area contributed by atoms with Crippen LogP contribution in [0.25, 0.3) is 0 Å². The summed E-state index contributed by atoms with van der Waals surface area (Å²) in [6.45, 7) is 3.75. The summed E-state index contributed by atoms with van der Waals surface area (Å²) in [6.07, 6.45) is 0. The van der Waals surface area contributed by atoms with E-state index in [0.29, 0.717) is 9.75 Å². The maximum atomic E-state index is 11.4. The van der Waals surface area contributed by atoms with E-state index in [2.05, 4.69) is 5.32 Å². The molecule has 14 heavy (non-hydrogen) atoms. The number of nitrogens with two attached hydrogens (primary N) is 1. The summed E-state index contributed by atoms with van der Waals surface area (Å²) in [4.78, 5) is 23.1. The molecule has 0 fully saturated rings. The minimum absolute atomic E-state index is 0.0848. The van der Waals surface area contributed by atoms with Gasteiger partial charge in [0.1, 0.15) is 0 Å². The Kier molecular flexibility index (Phi) is 3.24. The molecule has 76 valence electrons. The predicted molar refractivity (Wildman–Crippen MR) is 55.4 cm³/mol. The Hall–Kier alpha value is -1.36. The van der Waals surface area contributed by atoms with Crippen molar-refractivity contribution in [1.82, 2.24) is 5.32 Å². The second-order valence-electron chi connectivity index (χ2n) is 3.16. The summed E-state index contributed by atoms with van der Waals surface area (Å²) < 4.78 is 0. The van der Waals surface area contributed by atoms with Gasteiger partial charge in [-0.25, -0.2) is 0 Å². The highest BCUT2D eigenvalue weighted by molar-refractivity contribution is 7.15. The quantitative estimate of drug-likeness (QED) is 0.784. The molecule has 1 heterocycles. The van der Waals surface area contributed by atoms with Gasteiger partial charge in [-0.2, -0.15) is 0 Å². The van der Waals surface area contributed by atoms with Crippen molar-refractivity contribution in [2.75, 3.05) is 0 Å². The topological polar surface area (TPSA) is 72.2 Å². The van der Waals surface area contributed by atoms with Gasteiger partial charge in [0.05, 0.1) is 9.75 Å². The summed E-state index contributed by atoms with van der Waals surface area (Å²) in [5.74, 6) is -0.670. The SMILES string of the molecule is CC(C)NC(=O)c1ccc(C(N)=O)s1. The first-order chi connectivity index (χ1) is 6.50. The van der Waals surface area contributed by atoms with Crippen LogP contribution in [0, 0.1) is 0 Å². The molecule has 0 saturated carbocycles. The van der Waals surface area contributed by atoms with Crippen molar-refractivity contribution in [3.63, 3.8) is 0 Å². The van der Waals surface area contributed by atoms with Crippen molar-refractivity contribution in [1.29, 1.82) is 0 Å². The fourth-order valence-electron chi connectivity index (χ4n) is 0.926. The summed E-state index contributed by atoms with van der Waals surface area (Å²) in [5, 5.41) is 2.73. The highest BCUT2D eigenvalue weighted by Crippen LogP contribution is 2.15. The number of primary amides is 1. The molecule has 3 N–H and O–H groups in total. The number of hydrogen-bond donors (Lipinski definition) is 2. The van der Waals surface area contributed by atoms with E-state index >= 15 is 0 Å². The van der Waals surface area contributed by atoms with Gasteiger partial charge in [-0.15, -0.1) is 11.3 Å². The lowest BCUT2D eigenvalue weighted by atomic mass is 10.3. The maximum Gasteiger partial charge on any atom is 0.261 e. The van der Waals surface area contributed by atoms with Crippen LogP contribution in [0.4, 0.5) is 0 Å². The van der Waals surface area contributed by atoms with Gasteiger partial charge in [0.15, 0.2) is 0 Å². The van der Waals surface area contributed by atoms with E-state index in [1.807, 2.05) is 13.8 Å². The number of rotatable bonds is 3. The molecule has 0 atom stereocenters. The van der Waals surface area contributed by atoms with Crippen LogP contribution in [0.1, 0.15) is 33.2 Å². The molecule has 0 spiro atoms. The molecule has 1 rings (SSSR count). The van der Waals surface area contributed by atoms with E-state index in [-0.39, 0.29) is 11.9 Å². The normalized spacial score (nSPS) is 10.2. The van der Waals surface area contributed by atoms with Crippen molar-refractivity contribution in [3.8, 4) is 0 Å². The molecular formula is C9H12N2O2S. The Bertz CT molecular complexity index is 357. The van der Waals surface area contributed by atoms with Crippen LogP contribution in [0.2, 0.25) is 0 Å². The van der Waals surface area contributed by atoms with Crippen molar-refractivity contribution in [2.45, 2.75) is 19.9 Å². The second-order valence-corrected chi connectivity index (χ2v) is 4.24. The molecule has 0 unspecified atom stereocenters. The molecule has 5 heteroatoms. The molecule has 0 bridgehead atoms. The Morgan fingerprint density at radius 2 is 1.93 bits per heavy atom. The summed E-state index contributed by atoms with van der Waals surface area (Å²) in [6, 6.07) is 3.24. The second kappa shape index (κ2) is 4.23. The van der Waals surface area contributed by atoms with Gasteiger partial charge >= 0.3 is 0 Å². The van der Waals surface area contributed by atoms with E-state index < -0.39 is 5.91 Å². The summed E-state index contributed by atoms with van der Waals surface area (Å²) >= 11 is 1.10. The number of amides is 2. The zero-order chi connectivity index (χ0) is 10.7. The molecule has 0 aromatic carbocycles. The molecule has 0 radical (unpaired) electrons. The lowest BCUT2D eigenvalue weighted by molar-refractivity contribution is 0.0946. The zero-order valence-corrected chi connectivity index (χ0v) is 8.85. The Morgan fingerprint density at radius 1 is 1.36 bits per heavy atom. The van der Waals surface area contributed by atoms with E-state index in [9.17, 15) is 9.59 Å². The van der Waals surface area contributed by atoms with Gasteiger partial charge in [0.25, 0.3) is 11.8 Å². The van der Waals surface area contributed by atoms with Gasteiger partial charge in [-0.3, -0.25) is 9.59 Å². The number of nitrogens with one attached hydrogen (secondary N) is 1. The van der Waals surface area contributed by atoms with Crippen LogP contribution in [0.3, 0.4) is 0 Å². The first-order valence-electron chi connectivity index (χ1n) is 4.21. The molecule has 0 aliphatic carbocycles. The van der Waals surface area contributed by atoms with Crippen LogP contribution in [-0.4, -0.2) is 17.9 Å². The van der Waals surface area contributed by atoms with Crippen LogP contribution < -0.4 is 11.1 Å². The molecule has 1 aromatic rings. The third kappa shape index (κ3) is 2.56. The molecule has 2 amide bonds. The third-order valence-corrected chi connectivity index (χ3v) is 2.59. The molecular weight excluding hydrogens is 200 g/mol. The van der Waals surface area contributed by atoms with Crippen LogP contribution in [-0.2, 0) is 0 Å². The Labute approximate surface area is 86.1 Å². The highest BCUT2D eigenvalue weighted by Gasteiger charge is 2.11. The fourth-order valence-corrected chi connectivity index (χ4v) is 1.69. The Balaban J connectivity index is 2.76. The van der Waals surface area contributed by atoms with Gasteiger partial charge < -0.3 is 11.1 Å². The highest BCUT2D eigenvalue weighted by atomic mass is 32.1. The molecule has 0 saturated heterocycles. The zero-order valence-electron chi connectivity index (χ0n) is 8.03. The van der Waals surface area contributed by atoms with Crippen molar-refractivity contribution >= 4 is 23.2 Å². The van der Waals surface area contributed by atoms with Gasteiger partial charge in [-0.05, 0) is 26.0 Å². The van der Waals surface area contributed by atoms with E-state index in [4.69, 9.17) is 5.73 Å². The van der Waals surface area contributed by atoms with E-state index in [1.54, 1.807) is 12.1 Å². The van der Waals surface area contributed by atoms with Gasteiger partial charge in [0.2, 0.25) is 0 Å². The standard InChI is InChI=1S/C9H12N2O2S/c1-5(2)11-9(13)7-4-3-6(14-7)8(10)12/h3-5H,1-2H3,(H2,10,12)(H,11,13). The number of carbonyl (C=O) groups is 2. The average Bonchev–Trinajstić information content (AvgIpc) is 2.50. The summed E-state index contributed by atoms with van der Waals surface area (Å²) in [5.41, 5.74) is 5.07. The third-order valence-electron chi connectivity index (χ3n) is 1.49. The minimum Gasteiger partial charge on any atom is -0.365 e. The predicted octanol–water partition coefficient (Wildman–Crippen LogP) is 0.985. The minimum atomic E-state index is -0.501. The first kappa shape index (κ1) is 10.7. The molecule has 1 aromatic heterocycles. The Morgan fingerprint density at radius 3 is 2.36 bits per heavy atom. The smallest absolute Gasteiger partial charge is 0.261 e. The summed E-state index contributed by atoms with van der Waals surface area (Å²) in [7, 11) is 0. The number of thiophene rings is 1. The fraction of sp³-hybridized carbons (Fsp3) is 0.333. The van der Waals surface area contributed by atoms with Crippen molar-refractivity contribution < 1.29 is 9.59 Å². The first-order valence-corrected chi connectivity index (χ1v) is 5.03. The molecule has 0 aliphatic heterocycles. The molecule has 4 nitrogen and oxygen atoms in total. The van der Waals surface area contributed by atoms with Gasteiger partial charge in [0, 0.05) is 6.04 Å². The van der Waals surface area contributed by atoms with Crippen molar-refractivity contribution in [2.24, 2.45) is 5.73 Å². The maximum absolute atomic E-state index is 11.4. The monoisotopic (exact) mass is 212 g/mol.